The van der Waals surface area contributed by atoms with Crippen LogP contribution in [0.4, 0.5) is 10.2 Å². The van der Waals surface area contributed by atoms with E-state index in [1.807, 2.05) is 30.3 Å². The van der Waals surface area contributed by atoms with Crippen molar-refractivity contribution in [3.63, 3.8) is 0 Å². The van der Waals surface area contributed by atoms with E-state index in [0.29, 0.717) is 22.8 Å². The molecule has 0 saturated heterocycles. The number of pyridine rings is 1. The van der Waals surface area contributed by atoms with Crippen LogP contribution < -0.4 is 21.0 Å². The van der Waals surface area contributed by atoms with E-state index >= 15 is 4.39 Å². The van der Waals surface area contributed by atoms with E-state index in [1.165, 1.54) is 10.9 Å². The monoisotopic (exact) mass is 582 g/mol. The minimum atomic E-state index is -0.943. The number of para-hydroxylation sites is 1. The Morgan fingerprint density at radius 2 is 1.74 bits per heavy atom. The van der Waals surface area contributed by atoms with Gasteiger partial charge in [0, 0.05) is 12.7 Å². The van der Waals surface area contributed by atoms with E-state index in [9.17, 15) is 9.59 Å². The molecule has 11 heteroatoms. The van der Waals surface area contributed by atoms with Crippen molar-refractivity contribution in [1.82, 2.24) is 24.1 Å². The summed E-state index contributed by atoms with van der Waals surface area (Å²) in [5, 5.41) is 3.75. The average Bonchev–Trinajstić information content (AvgIpc) is 3.00. The fourth-order valence-corrected chi connectivity index (χ4v) is 5.18. The molecule has 3 aromatic heterocycles. The van der Waals surface area contributed by atoms with Crippen molar-refractivity contribution in [3.05, 3.63) is 128 Å². The Hall–Kier alpha value is -5.09. The zero-order chi connectivity index (χ0) is 29.4. The van der Waals surface area contributed by atoms with Gasteiger partial charge in [-0.2, -0.15) is 0 Å². The highest BCUT2D eigenvalue weighted by atomic mass is 35.5. The van der Waals surface area contributed by atoms with Crippen molar-refractivity contribution in [2.45, 2.75) is 19.5 Å². The number of anilines is 1. The Kier molecular flexibility index (Phi) is 7.13. The van der Waals surface area contributed by atoms with Crippen LogP contribution in [-0.2, 0) is 6.54 Å². The molecule has 0 bridgehead atoms. The van der Waals surface area contributed by atoms with Crippen molar-refractivity contribution < 1.29 is 9.13 Å². The molecule has 1 N–H and O–H groups in total. The lowest BCUT2D eigenvalue weighted by Gasteiger charge is -2.21. The van der Waals surface area contributed by atoms with Gasteiger partial charge in [0.25, 0.3) is 5.56 Å². The first-order chi connectivity index (χ1) is 20.4. The predicted molar refractivity (Wildman–Crippen MR) is 160 cm³/mol. The summed E-state index contributed by atoms with van der Waals surface area (Å²) in [5.41, 5.74) is 0.920. The number of halogens is 2. The van der Waals surface area contributed by atoms with Crippen LogP contribution in [0, 0.1) is 5.82 Å². The van der Waals surface area contributed by atoms with Crippen molar-refractivity contribution in [1.29, 1.82) is 0 Å². The van der Waals surface area contributed by atoms with E-state index in [-0.39, 0.29) is 39.4 Å². The molecule has 0 spiro atoms. The lowest BCUT2D eigenvalue weighted by atomic mass is 10.2. The van der Waals surface area contributed by atoms with Crippen molar-refractivity contribution >= 4 is 39.4 Å². The zero-order valence-corrected chi connectivity index (χ0v) is 23.3. The van der Waals surface area contributed by atoms with E-state index in [4.69, 9.17) is 21.3 Å². The van der Waals surface area contributed by atoms with Gasteiger partial charge < -0.3 is 14.6 Å². The van der Waals surface area contributed by atoms with E-state index in [0.717, 1.165) is 11.8 Å². The molecule has 1 unspecified atom stereocenters. The number of methoxy groups -OCH3 is 1. The first kappa shape index (κ1) is 27.1. The number of hydrogen-bond acceptors (Lipinski definition) is 7. The minimum Gasteiger partial charge on any atom is -0.497 e. The molecule has 0 fully saturated rings. The first-order valence-corrected chi connectivity index (χ1v) is 13.4. The molecule has 1 atom stereocenters. The summed E-state index contributed by atoms with van der Waals surface area (Å²) in [4.78, 5) is 40.3. The number of ether oxygens (including phenoxy) is 1. The summed E-state index contributed by atoms with van der Waals surface area (Å²) in [6.07, 6.45) is 2.44. The van der Waals surface area contributed by atoms with Crippen LogP contribution in [0.5, 0.6) is 5.75 Å². The molecule has 6 aromatic rings. The second kappa shape index (κ2) is 11.1. The number of aromatic nitrogens is 5. The van der Waals surface area contributed by atoms with Crippen molar-refractivity contribution in [3.8, 4) is 11.4 Å². The van der Waals surface area contributed by atoms with Crippen LogP contribution in [0.25, 0.3) is 27.6 Å². The lowest BCUT2D eigenvalue weighted by molar-refractivity contribution is 0.414. The third-order valence-corrected chi connectivity index (χ3v) is 7.27. The van der Waals surface area contributed by atoms with Crippen molar-refractivity contribution in [2.75, 3.05) is 12.4 Å². The highest BCUT2D eigenvalue weighted by Gasteiger charge is 2.22. The summed E-state index contributed by atoms with van der Waals surface area (Å²) < 4.78 is 23.3. The Morgan fingerprint density at radius 3 is 2.48 bits per heavy atom. The molecule has 3 heterocycles. The largest absolute Gasteiger partial charge is 0.497 e. The minimum absolute atomic E-state index is 0.0182. The normalized spacial score (nSPS) is 12.0. The third kappa shape index (κ3) is 4.86. The van der Waals surface area contributed by atoms with Gasteiger partial charge in [0.05, 0.1) is 34.8 Å². The maximum atomic E-state index is 15.0. The van der Waals surface area contributed by atoms with Gasteiger partial charge in [0.15, 0.2) is 5.82 Å². The summed E-state index contributed by atoms with van der Waals surface area (Å²) >= 11 is 6.40. The van der Waals surface area contributed by atoms with E-state index in [2.05, 4.69) is 15.3 Å². The standard InChI is InChI=1S/C31H24ClFN6O3/c1-18(29-37-24-10-6-9-22(32)25(24)31(41)39(29)20-7-4-3-5-8-20)36-28-26-27(40)23(33)16-38(30(26)35-17-34-28)15-19-11-13-21(42-2)14-12-19/h3-14,16-18H,15H2,1-2H3,(H,34,35,36). The Bertz CT molecular complexity index is 2060. The molecule has 6 rings (SSSR count). The Balaban J connectivity index is 1.47. The number of benzene rings is 3. The maximum absolute atomic E-state index is 15.0. The highest BCUT2D eigenvalue weighted by Crippen LogP contribution is 2.26. The number of nitrogens with one attached hydrogen (secondary N) is 1. The van der Waals surface area contributed by atoms with Gasteiger partial charge in [-0.05, 0) is 48.9 Å². The molecular weight excluding hydrogens is 559 g/mol. The zero-order valence-electron chi connectivity index (χ0n) is 22.6. The van der Waals surface area contributed by atoms with Crippen LogP contribution in [0.2, 0.25) is 5.02 Å². The third-order valence-electron chi connectivity index (χ3n) is 6.95. The smallest absolute Gasteiger partial charge is 0.267 e. The van der Waals surface area contributed by atoms with Crippen molar-refractivity contribution in [2.24, 2.45) is 0 Å². The quantitative estimate of drug-likeness (QED) is 0.264. The number of nitrogens with zero attached hydrogens (tertiary/aromatic N) is 5. The Morgan fingerprint density at radius 1 is 0.976 bits per heavy atom. The molecule has 42 heavy (non-hydrogen) atoms. The van der Waals surface area contributed by atoms with E-state index in [1.54, 1.807) is 61.1 Å². The predicted octanol–water partition coefficient (Wildman–Crippen LogP) is 5.51. The average molecular weight is 583 g/mol. The molecule has 0 amide bonds. The highest BCUT2D eigenvalue weighted by molar-refractivity contribution is 6.35. The van der Waals surface area contributed by atoms with Crippen LogP contribution in [0.15, 0.2) is 94.9 Å². The van der Waals surface area contributed by atoms with Crippen LogP contribution >= 0.6 is 11.6 Å². The summed E-state index contributed by atoms with van der Waals surface area (Å²) in [6.45, 7) is 2.03. The van der Waals surface area contributed by atoms with Gasteiger partial charge >= 0.3 is 0 Å². The molecule has 0 aliphatic rings. The molecular formula is C31H24ClFN6O3. The Labute approximate surface area is 243 Å². The SMILES string of the molecule is COc1ccc(Cn2cc(F)c(=O)c3c(NC(C)c4nc5cccc(Cl)c5c(=O)n4-c4ccccc4)ncnc32)cc1. The molecule has 0 saturated carbocycles. The van der Waals surface area contributed by atoms with Crippen LogP contribution in [0.3, 0.4) is 0 Å². The molecule has 210 valence electrons. The van der Waals surface area contributed by atoms with Crippen LogP contribution in [0.1, 0.15) is 24.4 Å². The molecule has 0 aliphatic heterocycles. The summed E-state index contributed by atoms with van der Waals surface area (Å²) in [5.74, 6) is 0.209. The molecule has 0 aliphatic carbocycles. The van der Waals surface area contributed by atoms with Gasteiger partial charge in [-0.3, -0.25) is 14.2 Å². The van der Waals surface area contributed by atoms with Crippen LogP contribution in [-0.4, -0.2) is 31.2 Å². The fourth-order valence-electron chi connectivity index (χ4n) is 4.93. The van der Waals surface area contributed by atoms with Gasteiger partial charge in [-0.1, -0.05) is 48.0 Å². The van der Waals surface area contributed by atoms with Gasteiger partial charge in [-0.25, -0.2) is 19.3 Å². The summed E-state index contributed by atoms with van der Waals surface area (Å²) in [6, 6.07) is 20.8. The maximum Gasteiger partial charge on any atom is 0.267 e. The fraction of sp³-hybridized carbons (Fsp3) is 0.129. The molecule has 3 aromatic carbocycles. The topological polar surface area (TPSA) is 104 Å². The second-order valence-electron chi connectivity index (χ2n) is 9.65. The van der Waals surface area contributed by atoms with Gasteiger partial charge in [0.1, 0.15) is 34.8 Å². The number of hydrogen-bond donors (Lipinski definition) is 1. The first-order valence-electron chi connectivity index (χ1n) is 13.1. The molecule has 0 radical (unpaired) electrons. The van der Waals surface area contributed by atoms with Gasteiger partial charge in [0.2, 0.25) is 5.43 Å². The second-order valence-corrected chi connectivity index (χ2v) is 10.1. The molecule has 9 nitrogen and oxygen atoms in total. The number of fused-ring (bicyclic) bond motifs is 2. The lowest BCUT2D eigenvalue weighted by Crippen LogP contribution is -2.28. The van der Waals surface area contributed by atoms with Gasteiger partial charge in [-0.15, -0.1) is 0 Å². The van der Waals surface area contributed by atoms with E-state index < -0.39 is 17.3 Å². The summed E-state index contributed by atoms with van der Waals surface area (Å²) in [7, 11) is 1.58. The number of rotatable bonds is 7.